The second-order valence-electron chi connectivity index (χ2n) is 2.24. The molecule has 0 fully saturated rings. The van der Waals surface area contributed by atoms with Crippen LogP contribution in [0.25, 0.3) is 0 Å². The maximum absolute atomic E-state index is 11.6. The molecule has 0 spiro atoms. The molecule has 1 rings (SSSR count). The molecule has 0 aliphatic rings. The third-order valence-electron chi connectivity index (χ3n) is 1.36. The predicted molar refractivity (Wildman–Crippen MR) is 45.9 cm³/mol. The number of hydrogen-bond acceptors (Lipinski definition) is 2. The van der Waals surface area contributed by atoms with Crippen LogP contribution in [0.2, 0.25) is 0 Å². The summed E-state index contributed by atoms with van der Waals surface area (Å²) in [7, 11) is 0. The summed E-state index contributed by atoms with van der Waals surface area (Å²) in [5, 5.41) is 10.3. The van der Waals surface area contributed by atoms with Crippen molar-refractivity contribution in [2.45, 2.75) is 0 Å². The molecule has 1 aromatic carbocycles. The van der Waals surface area contributed by atoms with Crippen LogP contribution in [0.5, 0.6) is 0 Å². The summed E-state index contributed by atoms with van der Waals surface area (Å²) in [4.78, 5) is 9.80. The SMILES string of the molecule is O=[N+]([O-])c1cccc(C#CCF)c1. The molecule has 0 saturated carbocycles. The zero-order valence-electron chi connectivity index (χ0n) is 6.66. The Hall–Kier alpha value is -1.89. The first-order valence-corrected chi connectivity index (χ1v) is 3.53. The van der Waals surface area contributed by atoms with Crippen molar-refractivity contribution < 1.29 is 9.31 Å². The lowest BCUT2D eigenvalue weighted by Gasteiger charge is -1.90. The van der Waals surface area contributed by atoms with Crippen molar-refractivity contribution in [1.29, 1.82) is 0 Å². The molecule has 0 aromatic heterocycles. The lowest BCUT2D eigenvalue weighted by molar-refractivity contribution is -0.384. The molecule has 0 heterocycles. The Bertz CT molecular complexity index is 379. The molecule has 0 N–H and O–H groups in total. The van der Waals surface area contributed by atoms with Gasteiger partial charge in [0.15, 0.2) is 6.67 Å². The molecule has 3 nitrogen and oxygen atoms in total. The van der Waals surface area contributed by atoms with Gasteiger partial charge in [-0.2, -0.15) is 0 Å². The van der Waals surface area contributed by atoms with E-state index in [1.807, 2.05) is 0 Å². The monoisotopic (exact) mass is 179 g/mol. The van der Waals surface area contributed by atoms with Gasteiger partial charge in [0.05, 0.1) is 4.92 Å². The van der Waals surface area contributed by atoms with Gasteiger partial charge in [-0.25, -0.2) is 4.39 Å². The van der Waals surface area contributed by atoms with Gasteiger partial charge in [0, 0.05) is 17.7 Å². The molecule has 0 aliphatic heterocycles. The number of hydrogen-bond donors (Lipinski definition) is 0. The van der Waals surface area contributed by atoms with Crippen LogP contribution in [-0.2, 0) is 0 Å². The van der Waals surface area contributed by atoms with Crippen molar-refractivity contribution in [2.75, 3.05) is 6.67 Å². The second-order valence-corrected chi connectivity index (χ2v) is 2.24. The molecule has 66 valence electrons. The summed E-state index contributed by atoms with van der Waals surface area (Å²) in [6, 6.07) is 5.78. The van der Waals surface area contributed by atoms with Crippen LogP contribution in [0, 0.1) is 22.0 Å². The van der Waals surface area contributed by atoms with Gasteiger partial charge >= 0.3 is 0 Å². The lowest BCUT2D eigenvalue weighted by atomic mass is 10.2. The average molecular weight is 179 g/mol. The molecule has 0 atom stereocenters. The summed E-state index contributed by atoms with van der Waals surface area (Å²) in [6.45, 7) is -0.747. The van der Waals surface area contributed by atoms with Gasteiger partial charge < -0.3 is 0 Å². The highest BCUT2D eigenvalue weighted by Crippen LogP contribution is 2.11. The minimum atomic E-state index is -0.747. The lowest BCUT2D eigenvalue weighted by Crippen LogP contribution is -1.87. The van der Waals surface area contributed by atoms with Gasteiger partial charge in [0.2, 0.25) is 0 Å². The predicted octanol–water partition coefficient (Wildman–Crippen LogP) is 1.92. The van der Waals surface area contributed by atoms with Crippen LogP contribution in [0.15, 0.2) is 24.3 Å². The van der Waals surface area contributed by atoms with E-state index in [9.17, 15) is 14.5 Å². The van der Waals surface area contributed by atoms with Gasteiger partial charge in [-0.3, -0.25) is 10.1 Å². The highest BCUT2D eigenvalue weighted by molar-refractivity contribution is 5.42. The second kappa shape index (κ2) is 4.21. The van der Waals surface area contributed by atoms with Gasteiger partial charge in [-0.05, 0) is 6.07 Å². The first-order chi connectivity index (χ1) is 6.24. The fourth-order valence-corrected chi connectivity index (χ4v) is 0.833. The number of nitrogens with zero attached hydrogens (tertiary/aromatic N) is 1. The molecule has 0 radical (unpaired) electrons. The molecule has 0 bridgehead atoms. The summed E-state index contributed by atoms with van der Waals surface area (Å²) < 4.78 is 11.6. The maximum Gasteiger partial charge on any atom is 0.270 e. The average Bonchev–Trinajstić information content (AvgIpc) is 2.15. The zero-order chi connectivity index (χ0) is 9.68. The van der Waals surface area contributed by atoms with E-state index in [2.05, 4.69) is 11.8 Å². The smallest absolute Gasteiger partial charge is 0.258 e. The Morgan fingerprint density at radius 1 is 1.54 bits per heavy atom. The molecule has 0 aliphatic carbocycles. The van der Waals surface area contributed by atoms with Crippen LogP contribution in [0.4, 0.5) is 10.1 Å². The Labute approximate surface area is 74.3 Å². The topological polar surface area (TPSA) is 43.1 Å². The molecular weight excluding hydrogens is 173 g/mol. The fraction of sp³-hybridized carbons (Fsp3) is 0.111. The van der Waals surface area contributed by atoms with E-state index in [0.717, 1.165) is 0 Å². The van der Waals surface area contributed by atoms with Crippen molar-refractivity contribution in [2.24, 2.45) is 0 Å². The van der Waals surface area contributed by atoms with Gasteiger partial charge in [-0.1, -0.05) is 17.9 Å². The first-order valence-electron chi connectivity index (χ1n) is 3.53. The Morgan fingerprint density at radius 2 is 2.31 bits per heavy atom. The first kappa shape index (κ1) is 9.20. The minimum absolute atomic E-state index is 0.0364. The fourth-order valence-electron chi connectivity index (χ4n) is 0.833. The van der Waals surface area contributed by atoms with E-state index in [1.54, 1.807) is 6.07 Å². The van der Waals surface area contributed by atoms with Gasteiger partial charge in [-0.15, -0.1) is 0 Å². The summed E-state index contributed by atoms with van der Waals surface area (Å²) >= 11 is 0. The Kier molecular flexibility index (Phi) is 2.98. The van der Waals surface area contributed by atoms with Crippen LogP contribution in [0.1, 0.15) is 5.56 Å². The molecule has 4 heteroatoms. The number of halogens is 1. The third kappa shape index (κ3) is 2.56. The van der Waals surface area contributed by atoms with Crippen LogP contribution >= 0.6 is 0 Å². The van der Waals surface area contributed by atoms with Gasteiger partial charge in [0.25, 0.3) is 5.69 Å². The van der Waals surface area contributed by atoms with Crippen molar-refractivity contribution in [3.63, 3.8) is 0 Å². The highest BCUT2D eigenvalue weighted by Gasteiger charge is 2.03. The van der Waals surface area contributed by atoms with E-state index in [4.69, 9.17) is 0 Å². The van der Waals surface area contributed by atoms with E-state index in [-0.39, 0.29) is 5.69 Å². The van der Waals surface area contributed by atoms with Crippen LogP contribution in [-0.4, -0.2) is 11.6 Å². The molecule has 1 aromatic rings. The molecule has 0 saturated heterocycles. The van der Waals surface area contributed by atoms with Crippen molar-refractivity contribution in [3.05, 3.63) is 39.9 Å². The number of rotatable bonds is 1. The quantitative estimate of drug-likeness (QED) is 0.375. The third-order valence-corrected chi connectivity index (χ3v) is 1.36. The number of alkyl halides is 1. The van der Waals surface area contributed by atoms with Crippen molar-refractivity contribution in [3.8, 4) is 11.8 Å². The standard InChI is InChI=1S/C9H6FNO2/c10-6-2-4-8-3-1-5-9(7-8)11(12)13/h1,3,5,7H,6H2. The number of nitro groups is 1. The van der Waals surface area contributed by atoms with E-state index in [0.29, 0.717) is 5.56 Å². The van der Waals surface area contributed by atoms with Crippen molar-refractivity contribution >= 4 is 5.69 Å². The molecule has 13 heavy (non-hydrogen) atoms. The number of non-ortho nitro benzene ring substituents is 1. The zero-order valence-corrected chi connectivity index (χ0v) is 6.66. The molecular formula is C9H6FNO2. The van der Waals surface area contributed by atoms with E-state index < -0.39 is 11.6 Å². The largest absolute Gasteiger partial charge is 0.270 e. The van der Waals surface area contributed by atoms with Crippen LogP contribution < -0.4 is 0 Å². The van der Waals surface area contributed by atoms with Gasteiger partial charge in [0.1, 0.15) is 0 Å². The van der Waals surface area contributed by atoms with Crippen molar-refractivity contribution in [1.82, 2.24) is 0 Å². The summed E-state index contributed by atoms with van der Waals surface area (Å²) in [6.07, 6.45) is 0. The van der Waals surface area contributed by atoms with Crippen LogP contribution in [0.3, 0.4) is 0 Å². The Morgan fingerprint density at radius 3 is 2.92 bits per heavy atom. The van der Waals surface area contributed by atoms with E-state index >= 15 is 0 Å². The summed E-state index contributed by atoms with van der Waals surface area (Å²) in [5.41, 5.74) is 0.414. The summed E-state index contributed by atoms with van der Waals surface area (Å²) in [5.74, 6) is 4.65. The highest BCUT2D eigenvalue weighted by atomic mass is 19.1. The Balaban J connectivity index is 2.98. The maximum atomic E-state index is 11.6. The molecule has 0 amide bonds. The number of benzene rings is 1. The molecule has 0 unspecified atom stereocenters. The minimum Gasteiger partial charge on any atom is -0.258 e. The normalized spacial score (nSPS) is 8.69. The van der Waals surface area contributed by atoms with E-state index in [1.165, 1.54) is 18.2 Å². The number of nitro benzene ring substituents is 1.